The lowest BCUT2D eigenvalue weighted by Gasteiger charge is -2.33. The van der Waals surface area contributed by atoms with Crippen LogP contribution in [0.25, 0.3) is 33.2 Å². The number of nitrogens with one attached hydrogen (secondary N) is 1. The molecular weight excluding hydrogens is 459 g/mol. The first-order valence-corrected chi connectivity index (χ1v) is 13.1. The smallest absolute Gasteiger partial charge is 0.249 e. The van der Waals surface area contributed by atoms with Crippen LogP contribution < -0.4 is 26.3 Å². The molecular formula is C31H22BN2OS+. The van der Waals surface area contributed by atoms with E-state index in [2.05, 4.69) is 115 Å². The second-order valence-electron chi connectivity index (χ2n) is 9.75. The lowest BCUT2D eigenvalue weighted by Crippen LogP contribution is -2.58. The van der Waals surface area contributed by atoms with Crippen molar-refractivity contribution in [3.8, 4) is 11.3 Å². The number of aryl methyl sites for hydroxylation is 2. The van der Waals surface area contributed by atoms with E-state index in [-0.39, 0.29) is 6.71 Å². The minimum absolute atomic E-state index is 0.190. The van der Waals surface area contributed by atoms with Gasteiger partial charge in [-0.15, -0.1) is 0 Å². The monoisotopic (exact) mass is 481 g/mol. The molecule has 0 bridgehead atoms. The Morgan fingerprint density at radius 3 is 2.50 bits per heavy atom. The molecule has 8 rings (SSSR count). The summed E-state index contributed by atoms with van der Waals surface area (Å²) in [5.41, 5.74) is 11.7. The molecule has 4 aromatic carbocycles. The molecule has 0 atom stereocenters. The van der Waals surface area contributed by atoms with Crippen LogP contribution in [0.3, 0.4) is 0 Å². The molecule has 0 amide bonds. The summed E-state index contributed by atoms with van der Waals surface area (Å²) in [6.45, 7) is 2.35. The van der Waals surface area contributed by atoms with Crippen LogP contribution in [0.2, 0.25) is 0 Å². The lowest BCUT2D eigenvalue weighted by atomic mass is 9.35. The standard InChI is InChI=1S/C31H22BN2OS/c1-18-13-14-19-20-15-16-22-29(31(20)35-30(19)27(18)24-10-5-6-17-34(24)2)33-23-9-7-12-26-28(23)32(22)21-8-3-4-11-25(21)36-26/h3-17,33H,1-2H3/q+1. The average Bonchev–Trinajstić information content (AvgIpc) is 3.28. The maximum atomic E-state index is 6.84. The number of benzene rings is 4. The van der Waals surface area contributed by atoms with Crippen LogP contribution in [0.1, 0.15) is 5.56 Å². The molecule has 36 heavy (non-hydrogen) atoms. The molecule has 2 aliphatic rings. The molecule has 2 aromatic heterocycles. The number of pyridine rings is 1. The van der Waals surface area contributed by atoms with E-state index in [0.717, 1.165) is 38.9 Å². The van der Waals surface area contributed by atoms with Crippen LogP contribution >= 0.6 is 11.8 Å². The fourth-order valence-electron chi connectivity index (χ4n) is 6.07. The summed E-state index contributed by atoms with van der Waals surface area (Å²) in [6.07, 6.45) is 2.09. The van der Waals surface area contributed by atoms with Crippen LogP contribution in [-0.2, 0) is 7.05 Å². The molecule has 5 heteroatoms. The number of fused-ring (bicyclic) bond motifs is 8. The maximum absolute atomic E-state index is 6.84. The van der Waals surface area contributed by atoms with Gasteiger partial charge in [0.15, 0.2) is 11.8 Å². The van der Waals surface area contributed by atoms with E-state index >= 15 is 0 Å². The molecule has 0 saturated carbocycles. The molecule has 0 fully saturated rings. The largest absolute Gasteiger partial charge is 0.453 e. The van der Waals surface area contributed by atoms with E-state index < -0.39 is 0 Å². The molecule has 1 N–H and O–H groups in total. The molecule has 4 heterocycles. The van der Waals surface area contributed by atoms with E-state index in [1.54, 1.807) is 0 Å². The highest BCUT2D eigenvalue weighted by Crippen LogP contribution is 2.42. The Balaban J connectivity index is 1.45. The second-order valence-corrected chi connectivity index (χ2v) is 10.8. The summed E-state index contributed by atoms with van der Waals surface area (Å²) in [5.74, 6) is 0. The highest BCUT2D eigenvalue weighted by Gasteiger charge is 2.38. The highest BCUT2D eigenvalue weighted by molar-refractivity contribution is 8.00. The number of hydrogen-bond donors (Lipinski definition) is 1. The van der Waals surface area contributed by atoms with E-state index in [1.807, 2.05) is 11.8 Å². The van der Waals surface area contributed by atoms with Crippen molar-refractivity contribution in [2.75, 3.05) is 5.32 Å². The van der Waals surface area contributed by atoms with Crippen molar-refractivity contribution < 1.29 is 8.98 Å². The summed E-state index contributed by atoms with van der Waals surface area (Å²) >= 11 is 1.87. The summed E-state index contributed by atoms with van der Waals surface area (Å²) in [5, 5.41) is 6.09. The molecule has 0 saturated heterocycles. The number of nitrogens with zero attached hydrogens (tertiary/aromatic N) is 1. The Labute approximate surface area is 213 Å². The third kappa shape index (κ3) is 2.64. The van der Waals surface area contributed by atoms with Gasteiger partial charge < -0.3 is 9.73 Å². The zero-order valence-electron chi connectivity index (χ0n) is 20.0. The van der Waals surface area contributed by atoms with E-state index in [9.17, 15) is 0 Å². The summed E-state index contributed by atoms with van der Waals surface area (Å²) in [7, 11) is 2.09. The number of anilines is 2. The molecule has 2 aliphatic heterocycles. The number of rotatable bonds is 1. The van der Waals surface area contributed by atoms with E-state index in [1.165, 1.54) is 37.4 Å². The Hall–Kier alpha value is -3.96. The van der Waals surface area contributed by atoms with Crippen LogP contribution in [0, 0.1) is 6.92 Å². The topological polar surface area (TPSA) is 29.1 Å². The van der Waals surface area contributed by atoms with Crippen LogP contribution in [0.5, 0.6) is 0 Å². The van der Waals surface area contributed by atoms with E-state index in [0.29, 0.717) is 0 Å². The van der Waals surface area contributed by atoms with Gasteiger partial charge >= 0.3 is 0 Å². The average molecular weight is 481 g/mol. The van der Waals surface area contributed by atoms with Gasteiger partial charge in [-0.05, 0) is 47.7 Å². The zero-order chi connectivity index (χ0) is 24.0. The summed E-state index contributed by atoms with van der Waals surface area (Å²) in [4.78, 5) is 2.66. The minimum Gasteiger partial charge on any atom is -0.453 e. The summed E-state index contributed by atoms with van der Waals surface area (Å²) in [6, 6.07) is 30.7. The van der Waals surface area contributed by atoms with Gasteiger partial charge in [-0.2, -0.15) is 0 Å². The van der Waals surface area contributed by atoms with Gasteiger partial charge in [-0.1, -0.05) is 65.8 Å². The zero-order valence-corrected chi connectivity index (χ0v) is 20.8. The molecule has 170 valence electrons. The molecule has 0 unspecified atom stereocenters. The van der Waals surface area contributed by atoms with Crippen molar-refractivity contribution >= 4 is 68.2 Å². The highest BCUT2D eigenvalue weighted by atomic mass is 32.2. The molecule has 6 aromatic rings. The van der Waals surface area contributed by atoms with Crippen LogP contribution in [-0.4, -0.2) is 6.71 Å². The molecule has 0 radical (unpaired) electrons. The van der Waals surface area contributed by atoms with Gasteiger partial charge in [-0.25, -0.2) is 4.57 Å². The van der Waals surface area contributed by atoms with Crippen LogP contribution in [0.15, 0.2) is 105 Å². The predicted molar refractivity (Wildman–Crippen MR) is 150 cm³/mol. The third-order valence-electron chi connectivity index (χ3n) is 7.74. The van der Waals surface area contributed by atoms with E-state index in [4.69, 9.17) is 4.42 Å². The lowest BCUT2D eigenvalue weighted by molar-refractivity contribution is -0.660. The van der Waals surface area contributed by atoms with Gasteiger partial charge in [-0.3, -0.25) is 0 Å². The van der Waals surface area contributed by atoms with Crippen molar-refractivity contribution in [1.82, 2.24) is 0 Å². The van der Waals surface area contributed by atoms with Gasteiger partial charge in [0, 0.05) is 38.4 Å². The first-order chi connectivity index (χ1) is 17.7. The van der Waals surface area contributed by atoms with Crippen molar-refractivity contribution in [1.29, 1.82) is 0 Å². The fourth-order valence-corrected chi connectivity index (χ4v) is 7.24. The normalized spacial score (nSPS) is 13.3. The number of hydrogen-bond acceptors (Lipinski definition) is 3. The molecule has 0 aliphatic carbocycles. The van der Waals surface area contributed by atoms with Gasteiger partial charge in [0.2, 0.25) is 12.4 Å². The first-order valence-electron chi connectivity index (χ1n) is 12.3. The predicted octanol–water partition coefficient (Wildman–Crippen LogP) is 5.42. The Morgan fingerprint density at radius 2 is 1.58 bits per heavy atom. The molecule has 0 spiro atoms. The Morgan fingerprint density at radius 1 is 0.778 bits per heavy atom. The fraction of sp³-hybridized carbons (Fsp3) is 0.0645. The Kier molecular flexibility index (Phi) is 4.10. The first kappa shape index (κ1) is 20.3. The van der Waals surface area contributed by atoms with Crippen molar-refractivity contribution in [2.24, 2.45) is 7.05 Å². The quantitative estimate of drug-likeness (QED) is 0.251. The van der Waals surface area contributed by atoms with Crippen molar-refractivity contribution in [3.05, 3.63) is 96.7 Å². The van der Waals surface area contributed by atoms with Crippen molar-refractivity contribution in [2.45, 2.75) is 16.7 Å². The SMILES string of the molecule is Cc1ccc2c(oc3c4c(ccc32)B2c3ccccc3Sc3cccc(c32)N4)c1-c1cccc[n+]1C. The maximum Gasteiger partial charge on any atom is 0.249 e. The Bertz CT molecular complexity index is 1890. The third-order valence-corrected chi connectivity index (χ3v) is 8.90. The number of furan rings is 1. The second kappa shape index (κ2) is 7.28. The minimum atomic E-state index is 0.190. The number of aromatic nitrogens is 1. The molecule has 3 nitrogen and oxygen atoms in total. The van der Waals surface area contributed by atoms with Gasteiger partial charge in [0.05, 0.1) is 11.3 Å². The van der Waals surface area contributed by atoms with Crippen molar-refractivity contribution in [3.63, 3.8) is 0 Å². The van der Waals surface area contributed by atoms with Crippen LogP contribution in [0.4, 0.5) is 11.4 Å². The summed E-state index contributed by atoms with van der Waals surface area (Å²) < 4.78 is 9.00. The van der Waals surface area contributed by atoms with Gasteiger partial charge in [0.1, 0.15) is 12.6 Å². The van der Waals surface area contributed by atoms with Gasteiger partial charge in [0.25, 0.3) is 0 Å².